The van der Waals surface area contributed by atoms with Gasteiger partial charge >= 0.3 is 0 Å². The van der Waals surface area contributed by atoms with Crippen molar-refractivity contribution in [2.24, 2.45) is 11.8 Å². The summed E-state index contributed by atoms with van der Waals surface area (Å²) in [5.74, 6) is 1.34. The van der Waals surface area contributed by atoms with Crippen LogP contribution in [-0.2, 0) is 0 Å². The monoisotopic (exact) mass is 274 g/mol. The predicted molar refractivity (Wildman–Crippen MR) is 82.5 cm³/mol. The summed E-state index contributed by atoms with van der Waals surface area (Å²) in [7, 11) is 0. The molecule has 0 bridgehead atoms. The molecule has 1 atom stereocenters. The highest BCUT2D eigenvalue weighted by molar-refractivity contribution is 7.17. The van der Waals surface area contributed by atoms with E-state index < -0.39 is 0 Å². The van der Waals surface area contributed by atoms with Crippen molar-refractivity contribution in [1.29, 1.82) is 0 Å². The highest BCUT2D eigenvalue weighted by atomic mass is 32.1. The molecule has 1 aromatic carbocycles. The molecule has 2 aromatic rings. The molecule has 19 heavy (non-hydrogen) atoms. The first kappa shape index (κ1) is 13.1. The van der Waals surface area contributed by atoms with Gasteiger partial charge in [-0.15, -0.1) is 11.3 Å². The quantitative estimate of drug-likeness (QED) is 0.820. The molecule has 1 aromatic heterocycles. The van der Waals surface area contributed by atoms with Crippen molar-refractivity contribution < 1.29 is 5.11 Å². The van der Waals surface area contributed by atoms with Crippen LogP contribution in [0.15, 0.2) is 29.6 Å². The second-order valence-corrected chi connectivity index (χ2v) is 6.74. The van der Waals surface area contributed by atoms with Crippen LogP contribution < -0.4 is 0 Å². The van der Waals surface area contributed by atoms with E-state index in [0.29, 0.717) is 5.92 Å². The third kappa shape index (κ3) is 2.56. The Labute approximate surface area is 119 Å². The van der Waals surface area contributed by atoms with E-state index in [-0.39, 0.29) is 6.10 Å². The molecule has 1 aliphatic rings. The summed E-state index contributed by atoms with van der Waals surface area (Å²) in [6.45, 7) is 2.29. The number of hydrogen-bond donors (Lipinski definition) is 1. The van der Waals surface area contributed by atoms with E-state index in [1.54, 1.807) is 11.3 Å². The van der Waals surface area contributed by atoms with Crippen LogP contribution in [0, 0.1) is 11.8 Å². The molecule has 1 saturated carbocycles. The van der Waals surface area contributed by atoms with Crippen LogP contribution >= 0.6 is 11.3 Å². The molecule has 1 fully saturated rings. The summed E-state index contributed by atoms with van der Waals surface area (Å²) in [6, 6.07) is 8.46. The Hall–Kier alpha value is -0.860. The second kappa shape index (κ2) is 5.64. The molecule has 102 valence electrons. The largest absolute Gasteiger partial charge is 0.388 e. The number of hydrogen-bond acceptors (Lipinski definition) is 2. The maximum Gasteiger partial charge on any atom is 0.0832 e. The summed E-state index contributed by atoms with van der Waals surface area (Å²) >= 11 is 1.75. The van der Waals surface area contributed by atoms with Gasteiger partial charge in [0.05, 0.1) is 6.10 Å². The van der Waals surface area contributed by atoms with Gasteiger partial charge in [-0.25, -0.2) is 0 Å². The van der Waals surface area contributed by atoms with Gasteiger partial charge in [0.15, 0.2) is 0 Å². The van der Waals surface area contributed by atoms with Gasteiger partial charge in [0, 0.05) is 4.70 Å². The van der Waals surface area contributed by atoms with Gasteiger partial charge in [-0.3, -0.25) is 0 Å². The standard InChI is InChI=1S/C17H22OS/c1-2-12-6-8-13(9-7-12)16(18)15-5-3-4-14-10-11-19-17(14)15/h3-5,10-13,16,18H,2,6-9H2,1H3. The minimum absolute atomic E-state index is 0.278. The summed E-state index contributed by atoms with van der Waals surface area (Å²) in [5.41, 5.74) is 1.15. The number of thiophene rings is 1. The lowest BCUT2D eigenvalue weighted by Gasteiger charge is -2.31. The normalized spacial score (nSPS) is 25.6. The zero-order chi connectivity index (χ0) is 13.2. The molecular weight excluding hydrogens is 252 g/mol. The van der Waals surface area contributed by atoms with Crippen molar-refractivity contribution in [2.45, 2.75) is 45.1 Å². The Kier molecular flexibility index (Phi) is 3.90. The Morgan fingerprint density at radius 2 is 2.00 bits per heavy atom. The molecular formula is C17H22OS. The summed E-state index contributed by atoms with van der Waals surface area (Å²) in [5, 5.41) is 14.1. The lowest BCUT2D eigenvalue weighted by molar-refractivity contribution is 0.0742. The smallest absolute Gasteiger partial charge is 0.0832 e. The predicted octanol–water partition coefficient (Wildman–Crippen LogP) is 5.15. The van der Waals surface area contributed by atoms with Gasteiger partial charge in [-0.05, 0) is 47.1 Å². The Balaban J connectivity index is 1.80. The molecule has 2 heteroatoms. The lowest BCUT2D eigenvalue weighted by Crippen LogP contribution is -2.20. The number of aliphatic hydroxyl groups excluding tert-OH is 1. The number of aliphatic hydroxyl groups is 1. The van der Waals surface area contributed by atoms with Crippen LogP contribution in [0.25, 0.3) is 10.1 Å². The van der Waals surface area contributed by atoms with E-state index in [2.05, 4.69) is 36.6 Å². The SMILES string of the molecule is CCC1CCC(C(O)c2cccc3ccsc23)CC1. The molecule has 3 rings (SSSR count). The third-order valence-corrected chi connectivity index (χ3v) is 5.72. The first-order valence-electron chi connectivity index (χ1n) is 7.43. The fourth-order valence-corrected chi connectivity index (χ4v) is 4.36. The van der Waals surface area contributed by atoms with Gasteiger partial charge in [0.1, 0.15) is 0 Å². The lowest BCUT2D eigenvalue weighted by atomic mass is 9.77. The van der Waals surface area contributed by atoms with Crippen molar-refractivity contribution in [1.82, 2.24) is 0 Å². The molecule has 1 N–H and O–H groups in total. The van der Waals surface area contributed by atoms with Crippen molar-refractivity contribution in [3.05, 3.63) is 35.2 Å². The van der Waals surface area contributed by atoms with Crippen molar-refractivity contribution in [2.75, 3.05) is 0 Å². The maximum absolute atomic E-state index is 10.7. The van der Waals surface area contributed by atoms with E-state index in [4.69, 9.17) is 0 Å². The third-order valence-electron chi connectivity index (χ3n) is 4.74. The number of rotatable bonds is 3. The Morgan fingerprint density at radius 1 is 1.21 bits per heavy atom. The van der Waals surface area contributed by atoms with Gasteiger partial charge in [0.25, 0.3) is 0 Å². The Bertz CT molecular complexity index is 537. The van der Waals surface area contributed by atoms with E-state index in [0.717, 1.165) is 11.5 Å². The zero-order valence-electron chi connectivity index (χ0n) is 11.5. The first-order valence-corrected chi connectivity index (χ1v) is 8.31. The zero-order valence-corrected chi connectivity index (χ0v) is 12.3. The maximum atomic E-state index is 10.7. The van der Waals surface area contributed by atoms with Crippen LogP contribution in [0.1, 0.15) is 50.7 Å². The molecule has 1 nitrogen and oxygen atoms in total. The molecule has 0 radical (unpaired) electrons. The number of fused-ring (bicyclic) bond motifs is 1. The van der Waals surface area contributed by atoms with Gasteiger partial charge < -0.3 is 5.11 Å². The van der Waals surface area contributed by atoms with E-state index in [1.807, 2.05) is 0 Å². The molecule has 0 spiro atoms. The average Bonchev–Trinajstić information content (AvgIpc) is 2.95. The molecule has 0 aliphatic heterocycles. The fraction of sp³-hybridized carbons (Fsp3) is 0.529. The minimum Gasteiger partial charge on any atom is -0.388 e. The van der Waals surface area contributed by atoms with Gasteiger partial charge in [-0.2, -0.15) is 0 Å². The molecule has 0 amide bonds. The average molecular weight is 274 g/mol. The summed E-state index contributed by atoms with van der Waals surface area (Å²) in [6.07, 6.45) is 5.96. The minimum atomic E-state index is -0.278. The van der Waals surface area contributed by atoms with Gasteiger partial charge in [0.2, 0.25) is 0 Å². The van der Waals surface area contributed by atoms with Gasteiger partial charge in [-0.1, -0.05) is 44.4 Å². The van der Waals surface area contributed by atoms with Crippen molar-refractivity contribution in [3.63, 3.8) is 0 Å². The first-order chi connectivity index (χ1) is 9.29. The second-order valence-electron chi connectivity index (χ2n) is 5.82. The fourth-order valence-electron chi connectivity index (χ4n) is 3.42. The Morgan fingerprint density at radius 3 is 2.74 bits per heavy atom. The van der Waals surface area contributed by atoms with Crippen molar-refractivity contribution in [3.8, 4) is 0 Å². The topological polar surface area (TPSA) is 20.2 Å². The van der Waals surface area contributed by atoms with E-state index >= 15 is 0 Å². The number of benzene rings is 1. The summed E-state index contributed by atoms with van der Waals surface area (Å²) in [4.78, 5) is 0. The molecule has 0 saturated heterocycles. The van der Waals surface area contributed by atoms with Crippen LogP contribution in [0.5, 0.6) is 0 Å². The summed E-state index contributed by atoms with van der Waals surface area (Å²) < 4.78 is 1.27. The molecule has 1 heterocycles. The van der Waals surface area contributed by atoms with Crippen LogP contribution in [0.2, 0.25) is 0 Å². The highest BCUT2D eigenvalue weighted by Gasteiger charge is 2.27. The molecule has 1 aliphatic carbocycles. The van der Waals surface area contributed by atoms with Crippen LogP contribution in [0.4, 0.5) is 0 Å². The highest BCUT2D eigenvalue weighted by Crippen LogP contribution is 2.40. The van der Waals surface area contributed by atoms with E-state index in [9.17, 15) is 5.11 Å². The van der Waals surface area contributed by atoms with Crippen molar-refractivity contribution >= 4 is 21.4 Å². The molecule has 1 unspecified atom stereocenters. The van der Waals surface area contributed by atoms with Crippen LogP contribution in [-0.4, -0.2) is 5.11 Å². The van der Waals surface area contributed by atoms with Crippen LogP contribution in [0.3, 0.4) is 0 Å². The van der Waals surface area contributed by atoms with E-state index in [1.165, 1.54) is 42.2 Å².